The maximum atomic E-state index is 11.7. The van der Waals surface area contributed by atoms with Crippen LogP contribution in [0.1, 0.15) is 12.8 Å². The van der Waals surface area contributed by atoms with Gasteiger partial charge in [-0.05, 0) is 12.8 Å². The average molecular weight is 202 g/mol. The van der Waals surface area contributed by atoms with E-state index in [-0.39, 0.29) is 18.6 Å². The number of nitrogens with two attached hydrogens (primary N) is 1. The Labute approximate surface area is 83.8 Å². The van der Waals surface area contributed by atoms with Crippen LogP contribution in [0.2, 0.25) is 0 Å². The van der Waals surface area contributed by atoms with Crippen LogP contribution < -0.4 is 5.73 Å². The van der Waals surface area contributed by atoms with Gasteiger partial charge in [-0.15, -0.1) is 0 Å². The molecule has 0 aliphatic carbocycles. The molecule has 1 rings (SSSR count). The van der Waals surface area contributed by atoms with Gasteiger partial charge < -0.3 is 20.5 Å². The predicted octanol–water partition coefficient (Wildman–Crippen LogP) is -1.06. The van der Waals surface area contributed by atoms with Crippen molar-refractivity contribution in [2.45, 2.75) is 25.0 Å². The summed E-state index contributed by atoms with van der Waals surface area (Å²) in [6.45, 7) is 1.40. The maximum absolute atomic E-state index is 11.7. The standard InChI is InChI=1S/C9H18N2O3/c1-14-8(6-10)9(13)11-4-2-7(12)3-5-11/h7-8,12H,2-6,10H2,1H3. The van der Waals surface area contributed by atoms with E-state index in [0.717, 1.165) is 0 Å². The normalized spacial score (nSPS) is 20.9. The number of aliphatic hydroxyl groups is 1. The highest BCUT2D eigenvalue weighted by Gasteiger charge is 2.26. The van der Waals surface area contributed by atoms with Crippen molar-refractivity contribution in [2.75, 3.05) is 26.7 Å². The molecular weight excluding hydrogens is 184 g/mol. The molecule has 1 unspecified atom stereocenters. The molecule has 0 bridgehead atoms. The van der Waals surface area contributed by atoms with E-state index in [1.807, 2.05) is 0 Å². The number of piperidine rings is 1. The number of likely N-dealkylation sites (tertiary alicyclic amines) is 1. The third-order valence-corrected chi connectivity index (χ3v) is 2.55. The highest BCUT2D eigenvalue weighted by atomic mass is 16.5. The molecule has 3 N–H and O–H groups in total. The van der Waals surface area contributed by atoms with Crippen LogP contribution in [0, 0.1) is 0 Å². The van der Waals surface area contributed by atoms with Gasteiger partial charge in [-0.25, -0.2) is 0 Å². The summed E-state index contributed by atoms with van der Waals surface area (Å²) in [6, 6.07) is 0. The van der Waals surface area contributed by atoms with Gasteiger partial charge in [-0.2, -0.15) is 0 Å². The molecule has 5 nitrogen and oxygen atoms in total. The number of carbonyl (C=O) groups is 1. The van der Waals surface area contributed by atoms with Gasteiger partial charge >= 0.3 is 0 Å². The van der Waals surface area contributed by atoms with E-state index >= 15 is 0 Å². The molecule has 0 aromatic heterocycles. The molecule has 0 spiro atoms. The smallest absolute Gasteiger partial charge is 0.253 e. The second kappa shape index (κ2) is 5.29. The molecule has 1 atom stereocenters. The molecule has 5 heteroatoms. The number of nitrogens with zero attached hydrogens (tertiary/aromatic N) is 1. The molecule has 1 aliphatic heterocycles. The lowest BCUT2D eigenvalue weighted by Crippen LogP contribution is -2.47. The number of ether oxygens (including phenoxy) is 1. The van der Waals surface area contributed by atoms with Crippen LogP contribution >= 0.6 is 0 Å². The second-order valence-electron chi connectivity index (χ2n) is 3.52. The van der Waals surface area contributed by atoms with Crippen molar-refractivity contribution in [3.05, 3.63) is 0 Å². The fourth-order valence-corrected chi connectivity index (χ4v) is 1.59. The van der Waals surface area contributed by atoms with Crippen LogP contribution in [-0.2, 0) is 9.53 Å². The molecule has 1 aliphatic rings. The largest absolute Gasteiger partial charge is 0.393 e. The van der Waals surface area contributed by atoms with Crippen molar-refractivity contribution in [1.29, 1.82) is 0 Å². The minimum Gasteiger partial charge on any atom is -0.393 e. The number of hydrogen-bond acceptors (Lipinski definition) is 4. The first-order valence-electron chi connectivity index (χ1n) is 4.88. The first-order valence-corrected chi connectivity index (χ1v) is 4.88. The third-order valence-electron chi connectivity index (χ3n) is 2.55. The summed E-state index contributed by atoms with van der Waals surface area (Å²) in [7, 11) is 1.48. The zero-order chi connectivity index (χ0) is 10.6. The van der Waals surface area contributed by atoms with E-state index < -0.39 is 6.10 Å². The zero-order valence-corrected chi connectivity index (χ0v) is 8.48. The summed E-state index contributed by atoms with van der Waals surface area (Å²) < 4.78 is 4.96. The fourth-order valence-electron chi connectivity index (χ4n) is 1.59. The Bertz CT molecular complexity index is 186. The molecule has 0 saturated carbocycles. The lowest BCUT2D eigenvalue weighted by molar-refractivity contribution is -0.143. The minimum atomic E-state index is -0.537. The lowest BCUT2D eigenvalue weighted by Gasteiger charge is -2.31. The molecule has 14 heavy (non-hydrogen) atoms. The topological polar surface area (TPSA) is 75.8 Å². The summed E-state index contributed by atoms with van der Waals surface area (Å²) in [5, 5.41) is 9.27. The molecular formula is C9H18N2O3. The number of carbonyl (C=O) groups excluding carboxylic acids is 1. The highest BCUT2D eigenvalue weighted by Crippen LogP contribution is 2.11. The Morgan fingerprint density at radius 3 is 2.64 bits per heavy atom. The number of methoxy groups -OCH3 is 1. The van der Waals surface area contributed by atoms with Crippen LogP contribution in [-0.4, -0.2) is 54.9 Å². The third kappa shape index (κ3) is 2.67. The van der Waals surface area contributed by atoms with Gasteiger partial charge in [0.25, 0.3) is 5.91 Å². The zero-order valence-electron chi connectivity index (χ0n) is 8.48. The lowest BCUT2D eigenvalue weighted by atomic mass is 10.1. The summed E-state index contributed by atoms with van der Waals surface area (Å²) in [6.07, 6.45) is 0.489. The number of amides is 1. The molecule has 0 aromatic rings. The monoisotopic (exact) mass is 202 g/mol. The van der Waals surface area contributed by atoms with Crippen molar-refractivity contribution >= 4 is 5.91 Å². The Balaban J connectivity index is 2.44. The summed E-state index contributed by atoms with van der Waals surface area (Å²) in [5.74, 6) is -0.0677. The van der Waals surface area contributed by atoms with Gasteiger partial charge in [0.1, 0.15) is 6.10 Å². The number of aliphatic hydroxyl groups excluding tert-OH is 1. The molecule has 1 saturated heterocycles. The quantitative estimate of drug-likeness (QED) is 0.612. The van der Waals surface area contributed by atoms with Crippen LogP contribution in [0.3, 0.4) is 0 Å². The van der Waals surface area contributed by atoms with Crippen LogP contribution in [0.4, 0.5) is 0 Å². The first kappa shape index (κ1) is 11.4. The molecule has 0 radical (unpaired) electrons. The number of rotatable bonds is 3. The van der Waals surface area contributed by atoms with Gasteiger partial charge in [0.05, 0.1) is 6.10 Å². The van der Waals surface area contributed by atoms with E-state index in [1.54, 1.807) is 4.90 Å². The van der Waals surface area contributed by atoms with Crippen molar-refractivity contribution in [2.24, 2.45) is 5.73 Å². The Hall–Kier alpha value is -0.650. The average Bonchev–Trinajstić information content (AvgIpc) is 2.20. The van der Waals surface area contributed by atoms with Crippen LogP contribution in [0.5, 0.6) is 0 Å². The van der Waals surface area contributed by atoms with E-state index in [1.165, 1.54) is 7.11 Å². The van der Waals surface area contributed by atoms with Gasteiger partial charge in [0.2, 0.25) is 0 Å². The number of hydrogen-bond donors (Lipinski definition) is 2. The van der Waals surface area contributed by atoms with Gasteiger partial charge in [-0.3, -0.25) is 4.79 Å². The summed E-state index contributed by atoms with van der Waals surface area (Å²) >= 11 is 0. The fraction of sp³-hybridized carbons (Fsp3) is 0.889. The Kier molecular flexibility index (Phi) is 4.31. The molecule has 1 heterocycles. The van der Waals surface area contributed by atoms with E-state index in [4.69, 9.17) is 10.5 Å². The minimum absolute atomic E-state index is 0.0677. The van der Waals surface area contributed by atoms with Crippen molar-refractivity contribution < 1.29 is 14.6 Å². The van der Waals surface area contributed by atoms with Crippen molar-refractivity contribution in [3.63, 3.8) is 0 Å². The van der Waals surface area contributed by atoms with E-state index in [2.05, 4.69) is 0 Å². The van der Waals surface area contributed by atoms with Gasteiger partial charge in [-0.1, -0.05) is 0 Å². The van der Waals surface area contributed by atoms with Crippen LogP contribution in [0.15, 0.2) is 0 Å². The second-order valence-corrected chi connectivity index (χ2v) is 3.52. The van der Waals surface area contributed by atoms with Gasteiger partial charge in [0.15, 0.2) is 0 Å². The van der Waals surface area contributed by atoms with E-state index in [0.29, 0.717) is 25.9 Å². The summed E-state index contributed by atoms with van der Waals surface area (Å²) in [5.41, 5.74) is 5.40. The molecule has 0 aromatic carbocycles. The molecule has 1 amide bonds. The molecule has 1 fully saturated rings. The van der Waals surface area contributed by atoms with Crippen molar-refractivity contribution in [1.82, 2.24) is 4.90 Å². The predicted molar refractivity (Wildman–Crippen MR) is 51.7 cm³/mol. The molecule has 82 valence electrons. The summed E-state index contributed by atoms with van der Waals surface area (Å²) in [4.78, 5) is 13.4. The van der Waals surface area contributed by atoms with Gasteiger partial charge in [0, 0.05) is 26.7 Å². The SMILES string of the molecule is COC(CN)C(=O)N1CCC(O)CC1. The highest BCUT2D eigenvalue weighted by molar-refractivity contribution is 5.81. The van der Waals surface area contributed by atoms with Crippen LogP contribution in [0.25, 0.3) is 0 Å². The Morgan fingerprint density at radius 2 is 2.21 bits per heavy atom. The maximum Gasteiger partial charge on any atom is 0.253 e. The van der Waals surface area contributed by atoms with Crippen molar-refractivity contribution in [3.8, 4) is 0 Å². The first-order chi connectivity index (χ1) is 6.69. The van der Waals surface area contributed by atoms with E-state index in [9.17, 15) is 9.90 Å². The Morgan fingerprint density at radius 1 is 1.64 bits per heavy atom.